The summed E-state index contributed by atoms with van der Waals surface area (Å²) in [5.74, 6) is 0. The van der Waals surface area contributed by atoms with Crippen LogP contribution in [0, 0.1) is 0 Å². The van der Waals surface area contributed by atoms with Crippen molar-refractivity contribution in [2.24, 2.45) is 0 Å². The minimum Gasteiger partial charge on any atom is -0.376 e. The molecule has 2 aliphatic heterocycles. The monoisotopic (exact) mass is 237 g/mol. The summed E-state index contributed by atoms with van der Waals surface area (Å²) in [6.45, 7) is 4.82. The van der Waals surface area contributed by atoms with Crippen molar-refractivity contribution in [2.75, 3.05) is 26.2 Å². The standard InChI is InChI=1S/C8H15NO5S/c1-2-7-5-9(3-4-12-7)6-8-13-15(10,11)14-8/h7-8H,2-6H2,1H3. The lowest BCUT2D eigenvalue weighted by atomic mass is 10.2. The van der Waals surface area contributed by atoms with Crippen molar-refractivity contribution in [1.82, 2.24) is 4.90 Å². The van der Waals surface area contributed by atoms with Crippen LogP contribution in [0.1, 0.15) is 13.3 Å². The number of hydrogen-bond donors (Lipinski definition) is 0. The number of nitrogens with zero attached hydrogens (tertiary/aromatic N) is 1. The highest BCUT2D eigenvalue weighted by Gasteiger charge is 2.37. The molecule has 15 heavy (non-hydrogen) atoms. The third-order valence-electron chi connectivity index (χ3n) is 2.54. The Morgan fingerprint density at radius 1 is 1.40 bits per heavy atom. The molecule has 6 nitrogen and oxygen atoms in total. The van der Waals surface area contributed by atoms with Crippen molar-refractivity contribution in [3.63, 3.8) is 0 Å². The second-order valence-corrected chi connectivity index (χ2v) is 4.89. The van der Waals surface area contributed by atoms with Crippen LogP contribution in [0.2, 0.25) is 0 Å². The van der Waals surface area contributed by atoms with Crippen molar-refractivity contribution >= 4 is 10.4 Å². The summed E-state index contributed by atoms with van der Waals surface area (Å²) in [6.07, 6.45) is 0.558. The minimum absolute atomic E-state index is 0.232. The fourth-order valence-electron chi connectivity index (χ4n) is 1.73. The molecule has 0 aliphatic carbocycles. The molecule has 0 amide bonds. The Labute approximate surface area is 89.4 Å². The lowest BCUT2D eigenvalue weighted by molar-refractivity contribution is -0.114. The van der Waals surface area contributed by atoms with Crippen molar-refractivity contribution < 1.29 is 21.5 Å². The van der Waals surface area contributed by atoms with Crippen LogP contribution >= 0.6 is 0 Å². The van der Waals surface area contributed by atoms with Gasteiger partial charge in [0.1, 0.15) is 0 Å². The summed E-state index contributed by atoms with van der Waals surface area (Å²) in [5, 5.41) is 0. The van der Waals surface area contributed by atoms with Gasteiger partial charge < -0.3 is 4.74 Å². The molecule has 2 heterocycles. The van der Waals surface area contributed by atoms with Crippen molar-refractivity contribution in [3.05, 3.63) is 0 Å². The van der Waals surface area contributed by atoms with Gasteiger partial charge in [0.2, 0.25) is 6.29 Å². The van der Waals surface area contributed by atoms with Crippen molar-refractivity contribution in [1.29, 1.82) is 0 Å². The van der Waals surface area contributed by atoms with Gasteiger partial charge in [0.15, 0.2) is 0 Å². The first-order chi connectivity index (χ1) is 7.09. The number of hydrogen-bond acceptors (Lipinski definition) is 6. The van der Waals surface area contributed by atoms with Crippen LogP contribution in [0.25, 0.3) is 0 Å². The summed E-state index contributed by atoms with van der Waals surface area (Å²) in [7, 11) is -3.66. The molecule has 1 unspecified atom stereocenters. The molecule has 2 saturated heterocycles. The first-order valence-corrected chi connectivity index (χ1v) is 6.38. The topological polar surface area (TPSA) is 65.1 Å². The lowest BCUT2D eigenvalue weighted by Crippen LogP contribution is -2.50. The number of rotatable bonds is 3. The minimum atomic E-state index is -3.66. The van der Waals surface area contributed by atoms with Crippen LogP contribution in [-0.4, -0.2) is 52.0 Å². The molecule has 0 spiro atoms. The SMILES string of the molecule is CCC1CN(CC2OS(=O)(=O)O2)CCO1. The Balaban J connectivity index is 1.75. The maximum absolute atomic E-state index is 10.6. The Hall–Kier alpha value is -0.210. The van der Waals surface area contributed by atoms with E-state index in [1.807, 2.05) is 0 Å². The highest BCUT2D eigenvalue weighted by atomic mass is 32.3. The second kappa shape index (κ2) is 4.34. The van der Waals surface area contributed by atoms with Crippen LogP contribution < -0.4 is 0 Å². The summed E-state index contributed by atoms with van der Waals surface area (Å²) >= 11 is 0. The molecular formula is C8H15NO5S. The first-order valence-electron chi connectivity index (χ1n) is 5.04. The van der Waals surface area contributed by atoms with E-state index in [4.69, 9.17) is 4.74 Å². The first kappa shape index (κ1) is 11.3. The van der Waals surface area contributed by atoms with Gasteiger partial charge in [0.05, 0.1) is 19.3 Å². The summed E-state index contributed by atoms with van der Waals surface area (Å²) < 4.78 is 35.8. The van der Waals surface area contributed by atoms with E-state index in [0.717, 1.165) is 19.5 Å². The lowest BCUT2D eigenvalue weighted by Gasteiger charge is -2.36. The molecule has 0 aromatic carbocycles. The molecule has 1 atom stereocenters. The molecule has 0 radical (unpaired) electrons. The largest absolute Gasteiger partial charge is 0.405 e. The third-order valence-corrected chi connectivity index (χ3v) is 3.44. The Bertz CT molecular complexity index is 305. The third kappa shape index (κ3) is 2.88. The predicted molar refractivity (Wildman–Crippen MR) is 51.3 cm³/mol. The van der Waals surface area contributed by atoms with E-state index in [0.29, 0.717) is 13.2 Å². The Morgan fingerprint density at radius 2 is 2.13 bits per heavy atom. The van der Waals surface area contributed by atoms with Gasteiger partial charge in [-0.25, -0.2) is 8.37 Å². The summed E-state index contributed by atoms with van der Waals surface area (Å²) in [5.41, 5.74) is 0. The van der Waals surface area contributed by atoms with E-state index in [1.54, 1.807) is 0 Å². The van der Waals surface area contributed by atoms with Gasteiger partial charge in [0.25, 0.3) is 0 Å². The molecular weight excluding hydrogens is 222 g/mol. The zero-order valence-electron chi connectivity index (χ0n) is 8.59. The normalized spacial score (nSPS) is 32.5. The van der Waals surface area contributed by atoms with Crippen molar-refractivity contribution in [2.45, 2.75) is 25.7 Å². The molecule has 0 aromatic rings. The Morgan fingerprint density at radius 3 is 2.73 bits per heavy atom. The second-order valence-electron chi connectivity index (χ2n) is 3.69. The van der Waals surface area contributed by atoms with Crippen molar-refractivity contribution in [3.8, 4) is 0 Å². The average molecular weight is 237 g/mol. The van der Waals surface area contributed by atoms with Gasteiger partial charge in [-0.2, -0.15) is 8.42 Å². The zero-order chi connectivity index (χ0) is 10.9. The van der Waals surface area contributed by atoms with Gasteiger partial charge in [-0.3, -0.25) is 4.90 Å². The summed E-state index contributed by atoms with van der Waals surface area (Å²) in [4.78, 5) is 2.09. The molecule has 2 fully saturated rings. The fourth-order valence-corrected chi connectivity index (χ4v) is 2.40. The summed E-state index contributed by atoms with van der Waals surface area (Å²) in [6, 6.07) is 0. The van der Waals surface area contributed by atoms with E-state index in [9.17, 15) is 8.42 Å². The van der Waals surface area contributed by atoms with Gasteiger partial charge in [-0.1, -0.05) is 6.92 Å². The van der Waals surface area contributed by atoms with Crippen LogP contribution in [0.5, 0.6) is 0 Å². The quantitative estimate of drug-likeness (QED) is 0.672. The van der Waals surface area contributed by atoms with Crippen LogP contribution in [0.3, 0.4) is 0 Å². The molecule has 88 valence electrons. The maximum atomic E-state index is 10.6. The average Bonchev–Trinajstić information content (AvgIpc) is 2.15. The maximum Gasteiger partial charge on any atom is 0.405 e. The molecule has 0 bridgehead atoms. The zero-order valence-corrected chi connectivity index (χ0v) is 9.40. The predicted octanol–water partition coefficient (Wildman–Crippen LogP) is -0.285. The van der Waals surface area contributed by atoms with Gasteiger partial charge in [-0.05, 0) is 6.42 Å². The molecule has 0 aromatic heterocycles. The van der Waals surface area contributed by atoms with Gasteiger partial charge in [0, 0.05) is 13.1 Å². The van der Waals surface area contributed by atoms with E-state index in [-0.39, 0.29) is 6.10 Å². The Kier molecular flexibility index (Phi) is 3.27. The highest BCUT2D eigenvalue weighted by Crippen LogP contribution is 2.20. The van der Waals surface area contributed by atoms with E-state index >= 15 is 0 Å². The molecule has 0 N–H and O–H groups in total. The van der Waals surface area contributed by atoms with Crippen LogP contribution in [-0.2, 0) is 23.5 Å². The van der Waals surface area contributed by atoms with E-state index in [2.05, 4.69) is 20.2 Å². The smallest absolute Gasteiger partial charge is 0.376 e. The molecule has 2 aliphatic rings. The van der Waals surface area contributed by atoms with Crippen LogP contribution in [0.15, 0.2) is 0 Å². The molecule has 2 rings (SSSR count). The molecule has 7 heteroatoms. The highest BCUT2D eigenvalue weighted by molar-refractivity contribution is 7.82. The number of ether oxygens (including phenoxy) is 1. The van der Waals surface area contributed by atoms with E-state index in [1.165, 1.54) is 0 Å². The number of morpholine rings is 1. The van der Waals surface area contributed by atoms with E-state index < -0.39 is 16.7 Å². The van der Waals surface area contributed by atoms with Gasteiger partial charge >= 0.3 is 10.4 Å². The molecule has 0 saturated carbocycles. The van der Waals surface area contributed by atoms with Gasteiger partial charge in [-0.15, -0.1) is 0 Å². The van der Waals surface area contributed by atoms with Crippen LogP contribution in [0.4, 0.5) is 0 Å². The fraction of sp³-hybridized carbons (Fsp3) is 1.00.